The van der Waals surface area contributed by atoms with E-state index in [0.717, 1.165) is 33.0 Å². The summed E-state index contributed by atoms with van der Waals surface area (Å²) in [6.45, 7) is 0. The van der Waals surface area contributed by atoms with E-state index in [9.17, 15) is 4.79 Å². The predicted octanol–water partition coefficient (Wildman–Crippen LogP) is 3.14. The second kappa shape index (κ2) is 3.82. The van der Waals surface area contributed by atoms with Gasteiger partial charge in [0.1, 0.15) is 5.82 Å². The van der Waals surface area contributed by atoms with Crippen LogP contribution < -0.4 is 5.56 Å². The molecule has 0 aromatic carbocycles. The van der Waals surface area contributed by atoms with Crippen LogP contribution in [0.2, 0.25) is 0 Å². The number of hydrogen-bond acceptors (Lipinski definition) is 3. The van der Waals surface area contributed by atoms with E-state index < -0.39 is 0 Å². The van der Waals surface area contributed by atoms with Gasteiger partial charge in [-0.05, 0) is 40.9 Å². The monoisotopic (exact) mass is 296 g/mol. The van der Waals surface area contributed by atoms with E-state index in [-0.39, 0.29) is 5.56 Å². The molecule has 1 aliphatic carbocycles. The van der Waals surface area contributed by atoms with Crippen LogP contribution in [-0.2, 0) is 0 Å². The Kier molecular flexibility index (Phi) is 2.44. The van der Waals surface area contributed by atoms with Crippen LogP contribution in [0.4, 0.5) is 0 Å². The fourth-order valence-corrected chi connectivity index (χ4v) is 2.95. The number of thiophene rings is 1. The summed E-state index contributed by atoms with van der Waals surface area (Å²) < 4.78 is 1.05. The van der Waals surface area contributed by atoms with Crippen LogP contribution in [0.25, 0.3) is 10.6 Å². The minimum absolute atomic E-state index is 0.0589. The molecule has 0 amide bonds. The van der Waals surface area contributed by atoms with Gasteiger partial charge in [-0.25, -0.2) is 4.98 Å². The SMILES string of the molecule is O=c1cc(-c2ccc(Br)s2)nc(C2CC2)[nH]1. The molecule has 82 valence electrons. The lowest BCUT2D eigenvalue weighted by molar-refractivity contribution is 0.913. The summed E-state index contributed by atoms with van der Waals surface area (Å²) in [5.74, 6) is 1.31. The van der Waals surface area contributed by atoms with Gasteiger partial charge in [-0.2, -0.15) is 0 Å². The minimum atomic E-state index is -0.0589. The molecular weight excluding hydrogens is 288 g/mol. The smallest absolute Gasteiger partial charge is 0.251 e. The summed E-state index contributed by atoms with van der Waals surface area (Å²) >= 11 is 5.00. The number of nitrogens with one attached hydrogen (secondary N) is 1. The van der Waals surface area contributed by atoms with Gasteiger partial charge in [0.05, 0.1) is 14.4 Å². The van der Waals surface area contributed by atoms with Gasteiger partial charge in [-0.15, -0.1) is 11.3 Å². The third kappa shape index (κ3) is 1.97. The normalized spacial score (nSPS) is 15.3. The molecule has 1 N–H and O–H groups in total. The Labute approximate surface area is 105 Å². The molecule has 16 heavy (non-hydrogen) atoms. The number of nitrogens with zero attached hydrogens (tertiary/aromatic N) is 1. The lowest BCUT2D eigenvalue weighted by Crippen LogP contribution is -2.10. The molecule has 0 spiro atoms. The Morgan fingerprint density at radius 3 is 2.88 bits per heavy atom. The molecule has 0 aliphatic heterocycles. The van der Waals surface area contributed by atoms with Crippen molar-refractivity contribution in [1.82, 2.24) is 9.97 Å². The minimum Gasteiger partial charge on any atom is -0.310 e. The summed E-state index contributed by atoms with van der Waals surface area (Å²) in [6, 6.07) is 5.51. The highest BCUT2D eigenvalue weighted by atomic mass is 79.9. The van der Waals surface area contributed by atoms with Crippen molar-refractivity contribution < 1.29 is 0 Å². The average molecular weight is 297 g/mol. The molecule has 1 aliphatic rings. The van der Waals surface area contributed by atoms with Crippen LogP contribution in [0.1, 0.15) is 24.6 Å². The van der Waals surface area contributed by atoms with Crippen molar-refractivity contribution in [3.63, 3.8) is 0 Å². The van der Waals surface area contributed by atoms with E-state index in [1.165, 1.54) is 0 Å². The fraction of sp³-hybridized carbons (Fsp3) is 0.273. The van der Waals surface area contributed by atoms with Crippen LogP contribution in [0.3, 0.4) is 0 Å². The number of halogens is 1. The average Bonchev–Trinajstić information content (AvgIpc) is 3.01. The lowest BCUT2D eigenvalue weighted by atomic mass is 10.3. The fourth-order valence-electron chi connectivity index (χ4n) is 1.60. The van der Waals surface area contributed by atoms with Gasteiger partial charge in [-0.1, -0.05) is 0 Å². The molecular formula is C11H9BrN2OS. The molecule has 1 saturated carbocycles. The van der Waals surface area contributed by atoms with Gasteiger partial charge in [0.15, 0.2) is 0 Å². The van der Waals surface area contributed by atoms with Gasteiger partial charge in [0, 0.05) is 12.0 Å². The Morgan fingerprint density at radius 2 is 2.25 bits per heavy atom. The summed E-state index contributed by atoms with van der Waals surface area (Å²) in [7, 11) is 0. The Morgan fingerprint density at radius 1 is 1.44 bits per heavy atom. The van der Waals surface area contributed by atoms with Crippen LogP contribution in [0, 0.1) is 0 Å². The van der Waals surface area contributed by atoms with Crippen molar-refractivity contribution in [2.45, 2.75) is 18.8 Å². The first-order chi connectivity index (χ1) is 7.72. The number of hydrogen-bond donors (Lipinski definition) is 1. The first-order valence-electron chi connectivity index (χ1n) is 5.09. The number of aromatic nitrogens is 2. The highest BCUT2D eigenvalue weighted by molar-refractivity contribution is 9.11. The molecule has 0 atom stereocenters. The van der Waals surface area contributed by atoms with E-state index in [1.807, 2.05) is 12.1 Å². The van der Waals surface area contributed by atoms with Gasteiger partial charge in [0.25, 0.3) is 5.56 Å². The van der Waals surface area contributed by atoms with E-state index >= 15 is 0 Å². The zero-order valence-corrected chi connectivity index (χ0v) is 10.8. The molecule has 2 heterocycles. The molecule has 0 saturated heterocycles. The Bertz CT molecular complexity index is 586. The Balaban J connectivity index is 2.09. The number of aromatic amines is 1. The Hall–Kier alpha value is -0.940. The maximum Gasteiger partial charge on any atom is 0.251 e. The highest BCUT2D eigenvalue weighted by Gasteiger charge is 2.26. The predicted molar refractivity (Wildman–Crippen MR) is 67.8 cm³/mol. The second-order valence-corrected chi connectivity index (χ2v) is 6.36. The molecule has 3 rings (SSSR count). The van der Waals surface area contributed by atoms with Gasteiger partial charge in [0.2, 0.25) is 0 Å². The zero-order chi connectivity index (χ0) is 11.1. The summed E-state index contributed by atoms with van der Waals surface area (Å²) in [4.78, 5) is 19.9. The van der Waals surface area contributed by atoms with E-state index in [4.69, 9.17) is 0 Å². The zero-order valence-electron chi connectivity index (χ0n) is 8.37. The van der Waals surface area contributed by atoms with Crippen molar-refractivity contribution in [3.05, 3.63) is 38.2 Å². The molecule has 0 radical (unpaired) electrons. The molecule has 5 heteroatoms. The summed E-state index contributed by atoms with van der Waals surface area (Å²) in [5, 5.41) is 0. The first-order valence-corrected chi connectivity index (χ1v) is 6.70. The highest BCUT2D eigenvalue weighted by Crippen LogP contribution is 2.38. The number of H-pyrrole nitrogens is 1. The molecule has 0 unspecified atom stereocenters. The lowest BCUT2D eigenvalue weighted by Gasteiger charge is -2.00. The van der Waals surface area contributed by atoms with Crippen LogP contribution >= 0.6 is 27.3 Å². The number of rotatable bonds is 2. The van der Waals surface area contributed by atoms with Crippen molar-refractivity contribution >= 4 is 27.3 Å². The van der Waals surface area contributed by atoms with Gasteiger partial charge >= 0.3 is 0 Å². The molecule has 1 fully saturated rings. The van der Waals surface area contributed by atoms with Crippen molar-refractivity contribution in [2.24, 2.45) is 0 Å². The second-order valence-electron chi connectivity index (χ2n) is 3.89. The van der Waals surface area contributed by atoms with Crippen molar-refractivity contribution in [1.29, 1.82) is 0 Å². The summed E-state index contributed by atoms with van der Waals surface area (Å²) in [5.41, 5.74) is 0.720. The molecule has 0 bridgehead atoms. The van der Waals surface area contributed by atoms with E-state index in [1.54, 1.807) is 17.4 Å². The van der Waals surface area contributed by atoms with Crippen LogP contribution in [0.15, 0.2) is 26.8 Å². The summed E-state index contributed by atoms with van der Waals surface area (Å²) in [6.07, 6.45) is 2.28. The van der Waals surface area contributed by atoms with Crippen molar-refractivity contribution in [3.8, 4) is 10.6 Å². The quantitative estimate of drug-likeness (QED) is 0.925. The van der Waals surface area contributed by atoms with E-state index in [2.05, 4.69) is 25.9 Å². The van der Waals surface area contributed by atoms with Crippen LogP contribution in [0.5, 0.6) is 0 Å². The first kappa shape index (κ1) is 10.2. The third-order valence-electron chi connectivity index (χ3n) is 2.55. The molecule has 2 aromatic heterocycles. The molecule has 3 nitrogen and oxygen atoms in total. The van der Waals surface area contributed by atoms with Crippen LogP contribution in [-0.4, -0.2) is 9.97 Å². The maximum absolute atomic E-state index is 11.5. The maximum atomic E-state index is 11.5. The topological polar surface area (TPSA) is 45.8 Å². The van der Waals surface area contributed by atoms with Gasteiger partial charge in [-0.3, -0.25) is 4.79 Å². The van der Waals surface area contributed by atoms with Crippen molar-refractivity contribution in [2.75, 3.05) is 0 Å². The largest absolute Gasteiger partial charge is 0.310 e. The third-order valence-corrected chi connectivity index (χ3v) is 4.20. The standard InChI is InChI=1S/C11H9BrN2OS/c12-9-4-3-8(16-9)7-5-10(15)14-11(13-7)6-1-2-6/h3-6H,1-2H2,(H,13,14,15). The van der Waals surface area contributed by atoms with E-state index in [0.29, 0.717) is 5.92 Å². The molecule has 2 aromatic rings. The van der Waals surface area contributed by atoms with Gasteiger partial charge < -0.3 is 4.98 Å².